The van der Waals surface area contributed by atoms with E-state index >= 15 is 0 Å². The molecule has 1 N–H and O–H groups in total. The maximum atomic E-state index is 14.1. The van der Waals surface area contributed by atoms with Crippen molar-refractivity contribution in [2.75, 3.05) is 7.05 Å². The van der Waals surface area contributed by atoms with Crippen LogP contribution in [0.25, 0.3) is 0 Å². The number of rotatable bonds is 6. The van der Waals surface area contributed by atoms with Crippen LogP contribution in [-0.4, -0.2) is 32.3 Å². The Balaban J connectivity index is 1.85. The van der Waals surface area contributed by atoms with E-state index in [0.717, 1.165) is 30.5 Å². The van der Waals surface area contributed by atoms with Crippen molar-refractivity contribution >= 4 is 15.9 Å². The molecule has 0 heterocycles. The van der Waals surface area contributed by atoms with E-state index in [4.69, 9.17) is 0 Å². The Morgan fingerprint density at radius 3 is 2.37 bits per heavy atom. The first-order valence-corrected chi connectivity index (χ1v) is 10.0. The third-order valence-corrected chi connectivity index (χ3v) is 6.16. The van der Waals surface area contributed by atoms with Gasteiger partial charge in [-0.05, 0) is 55.7 Å². The molecule has 5 nitrogen and oxygen atoms in total. The van der Waals surface area contributed by atoms with Crippen LogP contribution < -0.4 is 4.72 Å². The van der Waals surface area contributed by atoms with Crippen molar-refractivity contribution < 1.29 is 22.0 Å². The number of amides is 1. The molecule has 0 bridgehead atoms. The van der Waals surface area contributed by atoms with Crippen molar-refractivity contribution in [1.82, 2.24) is 9.62 Å². The smallest absolute Gasteiger partial charge is 0.254 e. The van der Waals surface area contributed by atoms with Crippen LogP contribution in [0.2, 0.25) is 0 Å². The van der Waals surface area contributed by atoms with Crippen molar-refractivity contribution in [3.8, 4) is 0 Å². The van der Waals surface area contributed by atoms with E-state index in [2.05, 4.69) is 4.72 Å². The Bertz CT molecular complexity index is 957. The SMILES string of the molecule is CC(c1ccc(F)cc1)N(C)C(=O)c1ccc(F)c(S(=O)(=O)NC2CC2)c1. The van der Waals surface area contributed by atoms with Gasteiger partial charge in [-0.25, -0.2) is 21.9 Å². The van der Waals surface area contributed by atoms with Gasteiger partial charge < -0.3 is 4.90 Å². The summed E-state index contributed by atoms with van der Waals surface area (Å²) in [6.45, 7) is 1.76. The molecule has 0 aliphatic heterocycles. The molecule has 1 unspecified atom stereocenters. The van der Waals surface area contributed by atoms with Gasteiger partial charge in [0.1, 0.15) is 16.5 Å². The lowest BCUT2D eigenvalue weighted by molar-refractivity contribution is 0.0742. The van der Waals surface area contributed by atoms with Gasteiger partial charge in [0.15, 0.2) is 0 Å². The van der Waals surface area contributed by atoms with Crippen LogP contribution in [0.15, 0.2) is 47.4 Å². The molecule has 1 fully saturated rings. The number of carbonyl (C=O) groups is 1. The number of carbonyl (C=O) groups excluding carboxylic acids is 1. The minimum atomic E-state index is -4.02. The van der Waals surface area contributed by atoms with E-state index in [9.17, 15) is 22.0 Å². The molecular formula is C19H20F2N2O3S. The first kappa shape index (κ1) is 19.4. The summed E-state index contributed by atoms with van der Waals surface area (Å²) in [7, 11) is -2.47. The van der Waals surface area contributed by atoms with E-state index < -0.39 is 26.6 Å². The van der Waals surface area contributed by atoms with E-state index in [1.807, 2.05) is 0 Å². The summed E-state index contributed by atoms with van der Waals surface area (Å²) in [6, 6.07) is 8.48. The van der Waals surface area contributed by atoms with Crippen LogP contribution in [0.1, 0.15) is 41.7 Å². The summed E-state index contributed by atoms with van der Waals surface area (Å²) in [5.41, 5.74) is 0.779. The highest BCUT2D eigenvalue weighted by molar-refractivity contribution is 7.89. The summed E-state index contributed by atoms with van der Waals surface area (Å²) in [5.74, 6) is -1.75. The van der Waals surface area contributed by atoms with Gasteiger partial charge in [0.05, 0.1) is 6.04 Å². The summed E-state index contributed by atoms with van der Waals surface area (Å²) < 4.78 is 54.2. The van der Waals surface area contributed by atoms with Gasteiger partial charge in [-0.3, -0.25) is 4.79 Å². The highest BCUT2D eigenvalue weighted by atomic mass is 32.2. The van der Waals surface area contributed by atoms with Crippen LogP contribution in [0.4, 0.5) is 8.78 Å². The second-order valence-electron chi connectivity index (χ2n) is 6.68. The fraction of sp³-hybridized carbons (Fsp3) is 0.316. The van der Waals surface area contributed by atoms with E-state index in [0.29, 0.717) is 0 Å². The largest absolute Gasteiger partial charge is 0.335 e. The number of halogens is 2. The minimum absolute atomic E-state index is 0.0593. The second kappa shape index (κ2) is 7.36. The van der Waals surface area contributed by atoms with Gasteiger partial charge in [0, 0.05) is 18.7 Å². The summed E-state index contributed by atoms with van der Waals surface area (Å²) >= 11 is 0. The number of hydrogen-bond acceptors (Lipinski definition) is 3. The van der Waals surface area contributed by atoms with E-state index in [1.54, 1.807) is 26.1 Å². The molecule has 0 spiro atoms. The summed E-state index contributed by atoms with van der Waals surface area (Å²) in [6.07, 6.45) is 1.44. The normalized spacial score (nSPS) is 15.4. The number of hydrogen-bond donors (Lipinski definition) is 1. The first-order valence-electron chi connectivity index (χ1n) is 8.53. The van der Waals surface area contributed by atoms with Gasteiger partial charge in [-0.2, -0.15) is 0 Å². The highest BCUT2D eigenvalue weighted by Gasteiger charge is 2.30. The number of nitrogens with zero attached hydrogens (tertiary/aromatic N) is 1. The Hall–Kier alpha value is -2.32. The maximum absolute atomic E-state index is 14.1. The van der Waals surface area contributed by atoms with Crippen LogP contribution in [0, 0.1) is 11.6 Å². The van der Waals surface area contributed by atoms with Gasteiger partial charge in [0.2, 0.25) is 10.0 Å². The van der Waals surface area contributed by atoms with Crippen molar-refractivity contribution in [3.05, 3.63) is 65.2 Å². The molecule has 1 aliphatic carbocycles. The van der Waals surface area contributed by atoms with Crippen molar-refractivity contribution in [1.29, 1.82) is 0 Å². The molecule has 0 saturated heterocycles. The first-order chi connectivity index (χ1) is 12.7. The van der Waals surface area contributed by atoms with Gasteiger partial charge in [0.25, 0.3) is 5.91 Å². The Morgan fingerprint density at radius 2 is 1.78 bits per heavy atom. The third kappa shape index (κ3) is 4.33. The minimum Gasteiger partial charge on any atom is -0.335 e. The second-order valence-corrected chi connectivity index (χ2v) is 8.37. The van der Waals surface area contributed by atoms with Crippen LogP contribution in [0.5, 0.6) is 0 Å². The Labute approximate surface area is 157 Å². The molecule has 1 aliphatic rings. The van der Waals surface area contributed by atoms with Crippen LogP contribution in [-0.2, 0) is 10.0 Å². The molecule has 1 atom stereocenters. The van der Waals surface area contributed by atoms with Crippen molar-refractivity contribution in [2.45, 2.75) is 36.7 Å². The quantitative estimate of drug-likeness (QED) is 0.818. The standard InChI is InChI=1S/C19H20F2N2O3S/c1-12(13-3-6-15(20)7-4-13)23(2)19(24)14-5-10-17(21)18(11-14)27(25,26)22-16-8-9-16/h3-7,10-12,16,22H,8-9H2,1-2H3. The monoisotopic (exact) mass is 394 g/mol. The number of benzene rings is 2. The van der Waals surface area contributed by atoms with Gasteiger partial charge in [-0.15, -0.1) is 0 Å². The zero-order chi connectivity index (χ0) is 19.8. The topological polar surface area (TPSA) is 66.5 Å². The lowest BCUT2D eigenvalue weighted by Crippen LogP contribution is -2.30. The van der Waals surface area contributed by atoms with Gasteiger partial charge >= 0.3 is 0 Å². The molecule has 27 heavy (non-hydrogen) atoms. The zero-order valence-electron chi connectivity index (χ0n) is 14.9. The van der Waals surface area contributed by atoms with Crippen molar-refractivity contribution in [3.63, 3.8) is 0 Å². The summed E-state index contributed by atoms with van der Waals surface area (Å²) in [5, 5.41) is 0. The lowest BCUT2D eigenvalue weighted by Gasteiger charge is -2.25. The average Bonchev–Trinajstić information content (AvgIpc) is 3.44. The molecule has 2 aromatic carbocycles. The average molecular weight is 394 g/mol. The molecule has 3 rings (SSSR count). The predicted octanol–water partition coefficient (Wildman–Crippen LogP) is 3.24. The number of nitrogens with one attached hydrogen (secondary N) is 1. The molecule has 0 aromatic heterocycles. The molecule has 144 valence electrons. The van der Waals surface area contributed by atoms with Gasteiger partial charge in [-0.1, -0.05) is 12.1 Å². The third-order valence-electron chi connectivity index (χ3n) is 4.62. The summed E-state index contributed by atoms with van der Waals surface area (Å²) in [4.78, 5) is 13.6. The Kier molecular flexibility index (Phi) is 5.30. The fourth-order valence-electron chi connectivity index (χ4n) is 2.67. The molecule has 1 amide bonds. The van der Waals surface area contributed by atoms with E-state index in [1.165, 1.54) is 23.1 Å². The van der Waals surface area contributed by atoms with Crippen molar-refractivity contribution in [2.24, 2.45) is 0 Å². The predicted molar refractivity (Wildman–Crippen MR) is 96.7 cm³/mol. The maximum Gasteiger partial charge on any atom is 0.254 e. The molecule has 1 saturated carbocycles. The number of sulfonamides is 1. The van der Waals surface area contributed by atoms with E-state index in [-0.39, 0.29) is 23.5 Å². The molecule has 0 radical (unpaired) electrons. The highest BCUT2D eigenvalue weighted by Crippen LogP contribution is 2.25. The molecular weight excluding hydrogens is 374 g/mol. The molecule has 2 aromatic rings. The zero-order valence-corrected chi connectivity index (χ0v) is 15.8. The van der Waals surface area contributed by atoms with Crippen LogP contribution >= 0.6 is 0 Å². The fourth-order valence-corrected chi connectivity index (χ4v) is 4.08. The molecule has 8 heteroatoms. The Morgan fingerprint density at radius 1 is 1.15 bits per heavy atom. The lowest BCUT2D eigenvalue weighted by atomic mass is 10.1. The van der Waals surface area contributed by atoms with Crippen LogP contribution in [0.3, 0.4) is 0 Å².